The first-order valence-corrected chi connectivity index (χ1v) is 10.0. The number of pyridine rings is 1. The number of carbonyl (C=O) groups is 1. The van der Waals surface area contributed by atoms with Gasteiger partial charge in [0.1, 0.15) is 0 Å². The van der Waals surface area contributed by atoms with Gasteiger partial charge in [0.05, 0.1) is 27.4 Å². The van der Waals surface area contributed by atoms with E-state index in [1.54, 1.807) is 4.68 Å². The summed E-state index contributed by atoms with van der Waals surface area (Å²) in [6.45, 7) is 7.56. The predicted molar refractivity (Wildman–Crippen MR) is 111 cm³/mol. The van der Waals surface area contributed by atoms with Gasteiger partial charge in [-0.2, -0.15) is 5.10 Å². The van der Waals surface area contributed by atoms with E-state index in [0.29, 0.717) is 22.8 Å². The van der Waals surface area contributed by atoms with Gasteiger partial charge in [-0.15, -0.1) is 0 Å². The molecule has 0 radical (unpaired) electrons. The molecule has 1 amide bonds. The molecular formula is C21H24ClN5O. The molecule has 1 N–H and O–H groups in total. The Hall–Kier alpha value is -2.44. The van der Waals surface area contributed by atoms with E-state index in [2.05, 4.69) is 20.3 Å². The first-order chi connectivity index (χ1) is 13.5. The standard InChI is InChI=1S/C21H24ClN5O/c1-14-13-16(21(28)23-9-12-26-10-5-6-11-26)19-15(2)25-27(20(19)24-14)18-8-4-3-7-17(18)22/h3-4,7-8,13H,5-6,9-12H2,1-2H3,(H,23,28). The van der Waals surface area contributed by atoms with Crippen LogP contribution in [0, 0.1) is 13.8 Å². The Kier molecular flexibility index (Phi) is 5.33. The third kappa shape index (κ3) is 3.62. The number of fused-ring (bicyclic) bond motifs is 1. The van der Waals surface area contributed by atoms with Crippen molar-refractivity contribution in [2.75, 3.05) is 26.2 Å². The van der Waals surface area contributed by atoms with Gasteiger partial charge < -0.3 is 10.2 Å². The van der Waals surface area contributed by atoms with Crippen LogP contribution in [0.4, 0.5) is 0 Å². The van der Waals surface area contributed by atoms with Crippen LogP contribution >= 0.6 is 11.6 Å². The lowest BCUT2D eigenvalue weighted by Crippen LogP contribution is -2.33. The molecule has 1 aliphatic rings. The van der Waals surface area contributed by atoms with Crippen molar-refractivity contribution >= 4 is 28.5 Å². The number of nitrogens with one attached hydrogen (secondary N) is 1. The molecule has 0 spiro atoms. The molecule has 1 aromatic carbocycles. The fourth-order valence-corrected chi connectivity index (χ4v) is 4.03. The van der Waals surface area contributed by atoms with Gasteiger partial charge in [0.15, 0.2) is 5.65 Å². The van der Waals surface area contributed by atoms with Crippen molar-refractivity contribution in [3.8, 4) is 5.69 Å². The van der Waals surface area contributed by atoms with Crippen molar-refractivity contribution in [2.45, 2.75) is 26.7 Å². The number of likely N-dealkylation sites (tertiary alicyclic amines) is 1. The van der Waals surface area contributed by atoms with E-state index >= 15 is 0 Å². The van der Waals surface area contributed by atoms with Gasteiger partial charge >= 0.3 is 0 Å². The Morgan fingerprint density at radius 2 is 1.96 bits per heavy atom. The van der Waals surface area contributed by atoms with E-state index in [-0.39, 0.29) is 5.91 Å². The first kappa shape index (κ1) is 18.9. The Morgan fingerprint density at radius 1 is 1.21 bits per heavy atom. The monoisotopic (exact) mass is 397 g/mol. The minimum absolute atomic E-state index is 0.0866. The van der Waals surface area contributed by atoms with E-state index < -0.39 is 0 Å². The molecule has 4 rings (SSSR count). The topological polar surface area (TPSA) is 63.1 Å². The summed E-state index contributed by atoms with van der Waals surface area (Å²) in [5.74, 6) is -0.0866. The molecule has 6 nitrogen and oxygen atoms in total. The largest absolute Gasteiger partial charge is 0.351 e. The zero-order chi connectivity index (χ0) is 19.7. The smallest absolute Gasteiger partial charge is 0.252 e. The molecule has 0 unspecified atom stereocenters. The number of para-hydroxylation sites is 1. The molecule has 3 heterocycles. The summed E-state index contributed by atoms with van der Waals surface area (Å²) < 4.78 is 1.72. The maximum Gasteiger partial charge on any atom is 0.252 e. The molecule has 1 aliphatic heterocycles. The zero-order valence-corrected chi connectivity index (χ0v) is 17.0. The average Bonchev–Trinajstić information content (AvgIpc) is 3.30. The summed E-state index contributed by atoms with van der Waals surface area (Å²) >= 11 is 6.37. The highest BCUT2D eigenvalue weighted by Crippen LogP contribution is 2.27. The lowest BCUT2D eigenvalue weighted by Gasteiger charge is -2.15. The van der Waals surface area contributed by atoms with Crippen molar-refractivity contribution in [3.63, 3.8) is 0 Å². The summed E-state index contributed by atoms with van der Waals surface area (Å²) in [4.78, 5) is 20.0. The van der Waals surface area contributed by atoms with Gasteiger partial charge in [-0.3, -0.25) is 4.79 Å². The number of hydrogen-bond acceptors (Lipinski definition) is 4. The normalized spacial score (nSPS) is 14.7. The number of rotatable bonds is 5. The molecule has 0 atom stereocenters. The lowest BCUT2D eigenvalue weighted by atomic mass is 10.1. The average molecular weight is 398 g/mol. The second-order valence-corrected chi connectivity index (χ2v) is 7.67. The lowest BCUT2D eigenvalue weighted by molar-refractivity contribution is 0.0951. The fourth-order valence-electron chi connectivity index (χ4n) is 3.81. The van der Waals surface area contributed by atoms with Crippen molar-refractivity contribution in [1.82, 2.24) is 25.0 Å². The fraction of sp³-hybridized carbons (Fsp3) is 0.381. The van der Waals surface area contributed by atoms with Gasteiger partial charge in [-0.1, -0.05) is 23.7 Å². The molecule has 1 saturated heterocycles. The number of carbonyl (C=O) groups excluding carboxylic acids is 1. The number of hydrogen-bond donors (Lipinski definition) is 1. The van der Waals surface area contributed by atoms with Crippen molar-refractivity contribution < 1.29 is 4.79 Å². The van der Waals surface area contributed by atoms with Crippen LogP contribution < -0.4 is 5.32 Å². The number of benzene rings is 1. The Balaban J connectivity index is 1.67. The highest BCUT2D eigenvalue weighted by Gasteiger charge is 2.20. The molecule has 0 aliphatic carbocycles. The van der Waals surface area contributed by atoms with Gasteiger partial charge in [-0.25, -0.2) is 9.67 Å². The number of nitrogens with zero attached hydrogens (tertiary/aromatic N) is 4. The molecule has 146 valence electrons. The van der Waals surface area contributed by atoms with Crippen LogP contribution in [0.25, 0.3) is 16.7 Å². The number of aromatic nitrogens is 3. The summed E-state index contributed by atoms with van der Waals surface area (Å²) in [7, 11) is 0. The van der Waals surface area contributed by atoms with Gasteiger partial charge in [0, 0.05) is 18.8 Å². The highest BCUT2D eigenvalue weighted by molar-refractivity contribution is 6.32. The van der Waals surface area contributed by atoms with Crippen LogP contribution in [-0.4, -0.2) is 51.8 Å². The number of halogens is 1. The molecule has 0 bridgehead atoms. The van der Waals surface area contributed by atoms with Gasteiger partial charge in [0.25, 0.3) is 5.91 Å². The summed E-state index contributed by atoms with van der Waals surface area (Å²) in [6, 6.07) is 9.34. The highest BCUT2D eigenvalue weighted by atomic mass is 35.5. The van der Waals surface area contributed by atoms with Gasteiger partial charge in [0.2, 0.25) is 0 Å². The molecule has 1 fully saturated rings. The summed E-state index contributed by atoms with van der Waals surface area (Å²) in [6.07, 6.45) is 2.50. The van der Waals surface area contributed by atoms with Crippen LogP contribution in [0.3, 0.4) is 0 Å². The van der Waals surface area contributed by atoms with Crippen LogP contribution in [0.15, 0.2) is 30.3 Å². The predicted octanol–water partition coefficient (Wildman–Crippen LogP) is 3.52. The van der Waals surface area contributed by atoms with Crippen molar-refractivity contribution in [1.29, 1.82) is 0 Å². The van der Waals surface area contributed by atoms with Crippen LogP contribution in [-0.2, 0) is 0 Å². The molecule has 0 saturated carbocycles. The third-order valence-electron chi connectivity index (χ3n) is 5.18. The van der Waals surface area contributed by atoms with Crippen molar-refractivity contribution in [2.24, 2.45) is 0 Å². The second-order valence-electron chi connectivity index (χ2n) is 7.26. The SMILES string of the molecule is Cc1cc(C(=O)NCCN2CCCC2)c2c(C)nn(-c3ccccc3Cl)c2n1. The van der Waals surface area contributed by atoms with Crippen LogP contribution in [0.2, 0.25) is 5.02 Å². The Bertz CT molecular complexity index is 1020. The van der Waals surface area contributed by atoms with E-state index in [9.17, 15) is 4.79 Å². The maximum atomic E-state index is 12.9. The van der Waals surface area contributed by atoms with Crippen LogP contribution in [0.1, 0.15) is 34.6 Å². The minimum atomic E-state index is -0.0866. The van der Waals surface area contributed by atoms with E-state index in [1.807, 2.05) is 44.2 Å². The van der Waals surface area contributed by atoms with E-state index in [0.717, 1.165) is 42.1 Å². The van der Waals surface area contributed by atoms with E-state index in [4.69, 9.17) is 11.6 Å². The van der Waals surface area contributed by atoms with E-state index in [1.165, 1.54) is 12.8 Å². The molecule has 2 aromatic heterocycles. The summed E-state index contributed by atoms with van der Waals surface area (Å²) in [5.41, 5.74) is 3.54. The second kappa shape index (κ2) is 7.89. The maximum absolute atomic E-state index is 12.9. The molecule has 7 heteroatoms. The van der Waals surface area contributed by atoms with Crippen LogP contribution in [0.5, 0.6) is 0 Å². The quantitative estimate of drug-likeness (QED) is 0.715. The van der Waals surface area contributed by atoms with Gasteiger partial charge in [-0.05, 0) is 58.0 Å². The molecule has 28 heavy (non-hydrogen) atoms. The summed E-state index contributed by atoms with van der Waals surface area (Å²) in [5, 5.41) is 9.05. The number of aryl methyl sites for hydroxylation is 2. The first-order valence-electron chi connectivity index (χ1n) is 9.67. The Morgan fingerprint density at radius 3 is 2.71 bits per heavy atom. The molecular weight excluding hydrogens is 374 g/mol. The third-order valence-corrected chi connectivity index (χ3v) is 5.50. The Labute approximate surface area is 169 Å². The minimum Gasteiger partial charge on any atom is -0.351 e. The zero-order valence-electron chi connectivity index (χ0n) is 16.2. The number of amides is 1. The molecule has 3 aromatic rings. The van der Waals surface area contributed by atoms with Crippen molar-refractivity contribution in [3.05, 3.63) is 52.3 Å².